The van der Waals surface area contributed by atoms with E-state index in [4.69, 9.17) is 0 Å². The van der Waals surface area contributed by atoms with Crippen LogP contribution in [-0.4, -0.2) is 6.17 Å². The molecule has 2 aliphatic rings. The molecule has 104 valence electrons. The number of rotatable bonds is 4. The number of allylic oxidation sites excluding steroid dienone is 9. The third kappa shape index (κ3) is 3.47. The smallest absolute Gasteiger partial charge is 0.105 e. The number of hydrogen-bond donors (Lipinski definition) is 1. The highest BCUT2D eigenvalue weighted by molar-refractivity contribution is 5.40. The summed E-state index contributed by atoms with van der Waals surface area (Å²) in [5.74, 6) is 0.0213. The summed E-state index contributed by atoms with van der Waals surface area (Å²) in [4.78, 5) is 0. The Morgan fingerprint density at radius 2 is 2.05 bits per heavy atom. The van der Waals surface area contributed by atoms with Crippen LogP contribution in [0.2, 0.25) is 0 Å². The van der Waals surface area contributed by atoms with Crippen molar-refractivity contribution in [3.63, 3.8) is 0 Å². The van der Waals surface area contributed by atoms with Crippen molar-refractivity contribution in [2.75, 3.05) is 0 Å². The fourth-order valence-electron chi connectivity index (χ4n) is 2.45. The molecule has 0 amide bonds. The van der Waals surface area contributed by atoms with E-state index in [9.17, 15) is 4.39 Å². The summed E-state index contributed by atoms with van der Waals surface area (Å²) in [5, 5.41) is 3.26. The van der Waals surface area contributed by atoms with Gasteiger partial charge in [-0.1, -0.05) is 55.7 Å². The van der Waals surface area contributed by atoms with E-state index in [0.717, 1.165) is 22.5 Å². The monoisotopic (exact) mass is 269 g/mol. The van der Waals surface area contributed by atoms with Crippen molar-refractivity contribution in [1.29, 1.82) is 0 Å². The maximum atomic E-state index is 13.4. The van der Waals surface area contributed by atoms with Crippen LogP contribution in [0, 0.1) is 5.92 Å². The fraction of sp³-hybridized carbons (Fsp3) is 0.222. The predicted molar refractivity (Wildman–Crippen MR) is 83.7 cm³/mol. The minimum atomic E-state index is -0.786. The normalized spacial score (nSPS) is 25.6. The average Bonchev–Trinajstić information content (AvgIpc) is 2.71. The van der Waals surface area contributed by atoms with Gasteiger partial charge in [-0.25, -0.2) is 4.39 Å². The van der Waals surface area contributed by atoms with Gasteiger partial charge in [0.05, 0.1) is 0 Å². The molecule has 1 saturated carbocycles. The molecule has 0 aromatic rings. The van der Waals surface area contributed by atoms with Gasteiger partial charge in [0.15, 0.2) is 0 Å². The van der Waals surface area contributed by atoms with Gasteiger partial charge in [-0.2, -0.15) is 0 Å². The largest absolute Gasteiger partial charge is 0.359 e. The standard InChI is InChI=1S/C18H20FN/c1-4-15-7-5-9-17(10-6-8-15)20-14(3)18-12-16(19)11-13(18)2/h4-10,16,18,20H,1-3,11-12H2/t16-,18+/m0/s1. The highest BCUT2D eigenvalue weighted by Gasteiger charge is 2.29. The van der Waals surface area contributed by atoms with Crippen molar-refractivity contribution in [2.24, 2.45) is 5.92 Å². The van der Waals surface area contributed by atoms with Crippen LogP contribution in [-0.2, 0) is 0 Å². The van der Waals surface area contributed by atoms with Gasteiger partial charge in [0.1, 0.15) is 6.17 Å². The van der Waals surface area contributed by atoms with E-state index >= 15 is 0 Å². The van der Waals surface area contributed by atoms with Gasteiger partial charge in [0.25, 0.3) is 0 Å². The molecule has 2 heteroatoms. The van der Waals surface area contributed by atoms with Crippen molar-refractivity contribution in [3.8, 4) is 0 Å². The van der Waals surface area contributed by atoms with Crippen LogP contribution in [0.1, 0.15) is 12.8 Å². The Morgan fingerprint density at radius 1 is 1.30 bits per heavy atom. The highest BCUT2D eigenvalue weighted by Crippen LogP contribution is 2.35. The lowest BCUT2D eigenvalue weighted by molar-refractivity contribution is 0.336. The molecular weight excluding hydrogens is 249 g/mol. The van der Waals surface area contributed by atoms with Gasteiger partial charge in [-0.3, -0.25) is 0 Å². The second kappa shape index (κ2) is 6.38. The molecule has 2 rings (SSSR count). The Hall–Kier alpha value is -2.09. The molecule has 2 atom stereocenters. The van der Waals surface area contributed by atoms with Crippen molar-refractivity contribution < 1.29 is 4.39 Å². The maximum Gasteiger partial charge on any atom is 0.105 e. The second-order valence-corrected chi connectivity index (χ2v) is 5.11. The third-order valence-corrected chi connectivity index (χ3v) is 3.56. The van der Waals surface area contributed by atoms with Crippen molar-refractivity contribution in [2.45, 2.75) is 19.0 Å². The van der Waals surface area contributed by atoms with Gasteiger partial charge in [-0.05, 0) is 30.6 Å². The first-order chi connectivity index (χ1) is 9.60. The number of hydrogen-bond acceptors (Lipinski definition) is 1. The Kier molecular flexibility index (Phi) is 4.57. The van der Waals surface area contributed by atoms with Gasteiger partial charge in [0, 0.05) is 17.3 Å². The molecule has 0 radical (unpaired) electrons. The Bertz CT molecular complexity index is 546. The Labute approximate surface area is 120 Å². The van der Waals surface area contributed by atoms with Crippen LogP contribution in [0.5, 0.6) is 0 Å². The lowest BCUT2D eigenvalue weighted by Gasteiger charge is -2.17. The van der Waals surface area contributed by atoms with E-state index in [0.29, 0.717) is 12.8 Å². The first-order valence-electron chi connectivity index (χ1n) is 6.77. The lowest BCUT2D eigenvalue weighted by Crippen LogP contribution is -2.17. The van der Waals surface area contributed by atoms with Crippen LogP contribution in [0.3, 0.4) is 0 Å². The second-order valence-electron chi connectivity index (χ2n) is 5.11. The zero-order valence-corrected chi connectivity index (χ0v) is 11.6. The SMILES string of the molecule is C=CC1=CC=CC(NC(=C)[C@@H]2C[C@@H](F)CC2=C)=CC=C1. The quantitative estimate of drug-likeness (QED) is 0.740. The van der Waals surface area contributed by atoms with Gasteiger partial charge < -0.3 is 5.32 Å². The molecule has 0 bridgehead atoms. The molecule has 0 aromatic carbocycles. The molecule has 1 fully saturated rings. The number of halogens is 1. The fourth-order valence-corrected chi connectivity index (χ4v) is 2.45. The molecule has 20 heavy (non-hydrogen) atoms. The molecule has 2 aliphatic carbocycles. The average molecular weight is 269 g/mol. The van der Waals surface area contributed by atoms with Crippen LogP contribution in [0.15, 0.2) is 84.8 Å². The minimum absolute atomic E-state index is 0.0213. The van der Waals surface area contributed by atoms with Gasteiger partial charge in [-0.15, -0.1) is 0 Å². The zero-order chi connectivity index (χ0) is 14.5. The summed E-state index contributed by atoms with van der Waals surface area (Å²) in [6, 6.07) is 0. The Balaban J connectivity index is 2.02. The minimum Gasteiger partial charge on any atom is -0.359 e. The van der Waals surface area contributed by atoms with E-state index in [1.165, 1.54) is 0 Å². The zero-order valence-electron chi connectivity index (χ0n) is 11.6. The predicted octanol–water partition coefficient (Wildman–Crippen LogP) is 4.52. The first-order valence-corrected chi connectivity index (χ1v) is 6.77. The summed E-state index contributed by atoms with van der Waals surface area (Å²) in [6.07, 6.45) is 13.7. The molecule has 0 aliphatic heterocycles. The number of alkyl halides is 1. The topological polar surface area (TPSA) is 12.0 Å². The van der Waals surface area contributed by atoms with E-state index in [2.05, 4.69) is 25.1 Å². The van der Waals surface area contributed by atoms with Crippen molar-refractivity contribution in [3.05, 3.63) is 84.8 Å². The molecular formula is C18H20FN. The molecule has 1 nitrogen and oxygen atoms in total. The summed E-state index contributed by atoms with van der Waals surface area (Å²) >= 11 is 0. The molecule has 0 heterocycles. The highest BCUT2D eigenvalue weighted by atomic mass is 19.1. The summed E-state index contributed by atoms with van der Waals surface area (Å²) in [6.45, 7) is 11.7. The van der Waals surface area contributed by atoms with Crippen molar-refractivity contribution >= 4 is 0 Å². The molecule has 0 saturated heterocycles. The van der Waals surface area contributed by atoms with Crippen molar-refractivity contribution in [1.82, 2.24) is 5.32 Å². The summed E-state index contributed by atoms with van der Waals surface area (Å²) < 4.78 is 13.4. The van der Waals surface area contributed by atoms with E-state index in [-0.39, 0.29) is 5.92 Å². The molecule has 0 spiro atoms. The summed E-state index contributed by atoms with van der Waals surface area (Å²) in [5.41, 5.74) is 3.73. The van der Waals surface area contributed by atoms with Crippen LogP contribution < -0.4 is 5.32 Å². The first kappa shape index (κ1) is 14.3. The van der Waals surface area contributed by atoms with Crippen LogP contribution >= 0.6 is 0 Å². The Morgan fingerprint density at radius 3 is 2.70 bits per heavy atom. The lowest BCUT2D eigenvalue weighted by atomic mass is 10.0. The third-order valence-electron chi connectivity index (χ3n) is 3.56. The molecule has 1 N–H and O–H groups in total. The molecule has 0 aromatic heterocycles. The van der Waals surface area contributed by atoms with E-state index in [1.807, 2.05) is 36.5 Å². The van der Waals surface area contributed by atoms with E-state index < -0.39 is 6.17 Å². The van der Waals surface area contributed by atoms with Gasteiger partial charge in [0.2, 0.25) is 0 Å². The van der Waals surface area contributed by atoms with Gasteiger partial charge >= 0.3 is 0 Å². The molecule has 0 unspecified atom stereocenters. The van der Waals surface area contributed by atoms with E-state index in [1.54, 1.807) is 6.08 Å². The van der Waals surface area contributed by atoms with Crippen LogP contribution in [0.4, 0.5) is 4.39 Å². The summed E-state index contributed by atoms with van der Waals surface area (Å²) in [7, 11) is 0. The maximum absolute atomic E-state index is 13.4. The van der Waals surface area contributed by atoms with Crippen LogP contribution in [0.25, 0.3) is 0 Å². The number of nitrogens with one attached hydrogen (secondary N) is 1.